The summed E-state index contributed by atoms with van der Waals surface area (Å²) in [6.45, 7) is 5.20. The van der Waals surface area contributed by atoms with E-state index in [-0.39, 0.29) is 11.8 Å². The normalized spacial score (nSPS) is 13.8. The first-order valence-corrected chi connectivity index (χ1v) is 9.96. The molecule has 162 valence electrons. The van der Waals surface area contributed by atoms with Crippen LogP contribution < -0.4 is 15.4 Å². The summed E-state index contributed by atoms with van der Waals surface area (Å²) in [5, 5.41) is 5.41. The van der Waals surface area contributed by atoms with Crippen LogP contribution in [0.4, 0.5) is 11.4 Å². The SMILES string of the molecule is COc1ccc(NC(C)=O)cc1NC(=O)[C@@H](CC(C)C)N1C(=O)c2ccccc2C1=O. The van der Waals surface area contributed by atoms with Gasteiger partial charge in [-0.1, -0.05) is 26.0 Å². The van der Waals surface area contributed by atoms with Crippen molar-refractivity contribution >= 4 is 35.0 Å². The number of amides is 4. The van der Waals surface area contributed by atoms with Gasteiger partial charge in [0.15, 0.2) is 0 Å². The van der Waals surface area contributed by atoms with Crippen LogP contribution >= 0.6 is 0 Å². The Morgan fingerprint density at radius 2 is 1.61 bits per heavy atom. The van der Waals surface area contributed by atoms with E-state index < -0.39 is 23.8 Å². The van der Waals surface area contributed by atoms with Crippen LogP contribution in [0.3, 0.4) is 0 Å². The van der Waals surface area contributed by atoms with Crippen molar-refractivity contribution in [1.82, 2.24) is 4.90 Å². The van der Waals surface area contributed by atoms with Crippen LogP contribution in [-0.4, -0.2) is 41.7 Å². The lowest BCUT2D eigenvalue weighted by Crippen LogP contribution is -2.48. The Kier molecular flexibility index (Phi) is 6.39. The second-order valence-corrected chi connectivity index (χ2v) is 7.76. The average Bonchev–Trinajstić information content (AvgIpc) is 2.96. The predicted molar refractivity (Wildman–Crippen MR) is 116 cm³/mol. The number of carbonyl (C=O) groups excluding carboxylic acids is 4. The molecule has 0 aromatic heterocycles. The highest BCUT2D eigenvalue weighted by Gasteiger charge is 2.42. The molecule has 1 atom stereocenters. The Morgan fingerprint density at radius 1 is 1.00 bits per heavy atom. The molecule has 1 aliphatic rings. The second-order valence-electron chi connectivity index (χ2n) is 7.76. The first kappa shape index (κ1) is 22.0. The van der Waals surface area contributed by atoms with Gasteiger partial charge in [0, 0.05) is 12.6 Å². The number of benzene rings is 2. The number of imide groups is 1. The molecule has 2 aromatic carbocycles. The van der Waals surface area contributed by atoms with Crippen LogP contribution in [-0.2, 0) is 9.59 Å². The van der Waals surface area contributed by atoms with Gasteiger partial charge in [0.05, 0.1) is 23.9 Å². The van der Waals surface area contributed by atoms with Gasteiger partial charge in [-0.15, -0.1) is 0 Å². The topological polar surface area (TPSA) is 105 Å². The van der Waals surface area contributed by atoms with E-state index in [0.717, 1.165) is 4.90 Å². The summed E-state index contributed by atoms with van der Waals surface area (Å²) < 4.78 is 5.31. The van der Waals surface area contributed by atoms with Crippen LogP contribution in [0.1, 0.15) is 47.9 Å². The summed E-state index contributed by atoms with van der Waals surface area (Å²) in [5.41, 5.74) is 1.38. The summed E-state index contributed by atoms with van der Waals surface area (Å²) in [6, 6.07) is 10.4. The number of rotatable bonds is 7. The number of hydrogen-bond donors (Lipinski definition) is 2. The van der Waals surface area contributed by atoms with Crippen molar-refractivity contribution in [3.05, 3.63) is 53.6 Å². The Labute approximate surface area is 180 Å². The summed E-state index contributed by atoms with van der Waals surface area (Å²) >= 11 is 0. The summed E-state index contributed by atoms with van der Waals surface area (Å²) in [7, 11) is 1.46. The van der Waals surface area contributed by atoms with Gasteiger partial charge in [0.2, 0.25) is 11.8 Å². The van der Waals surface area contributed by atoms with E-state index in [1.54, 1.807) is 42.5 Å². The molecule has 2 N–H and O–H groups in total. The van der Waals surface area contributed by atoms with E-state index in [1.807, 2.05) is 13.8 Å². The second kappa shape index (κ2) is 8.99. The van der Waals surface area contributed by atoms with Crippen molar-refractivity contribution in [2.24, 2.45) is 5.92 Å². The third kappa shape index (κ3) is 4.58. The number of anilines is 2. The number of carbonyl (C=O) groups is 4. The quantitative estimate of drug-likeness (QED) is 0.665. The van der Waals surface area contributed by atoms with Gasteiger partial charge < -0.3 is 15.4 Å². The van der Waals surface area contributed by atoms with Crippen LogP contribution in [0.15, 0.2) is 42.5 Å². The van der Waals surface area contributed by atoms with Crippen molar-refractivity contribution in [3.63, 3.8) is 0 Å². The van der Waals surface area contributed by atoms with Gasteiger partial charge in [-0.25, -0.2) is 0 Å². The fourth-order valence-corrected chi connectivity index (χ4v) is 3.57. The van der Waals surface area contributed by atoms with Crippen LogP contribution in [0.2, 0.25) is 0 Å². The molecule has 8 heteroatoms. The van der Waals surface area contributed by atoms with Gasteiger partial charge in [0.1, 0.15) is 11.8 Å². The third-order valence-corrected chi connectivity index (χ3v) is 4.91. The lowest BCUT2D eigenvalue weighted by atomic mass is 10.0. The van der Waals surface area contributed by atoms with E-state index in [2.05, 4.69) is 10.6 Å². The van der Waals surface area contributed by atoms with Crippen molar-refractivity contribution in [1.29, 1.82) is 0 Å². The summed E-state index contributed by atoms with van der Waals surface area (Å²) in [6.07, 6.45) is 0.297. The van der Waals surface area contributed by atoms with E-state index in [1.165, 1.54) is 14.0 Å². The lowest BCUT2D eigenvalue weighted by Gasteiger charge is -2.27. The minimum Gasteiger partial charge on any atom is -0.495 e. The van der Waals surface area contributed by atoms with Crippen molar-refractivity contribution in [2.45, 2.75) is 33.2 Å². The third-order valence-electron chi connectivity index (χ3n) is 4.91. The Bertz CT molecular complexity index is 1010. The van der Waals surface area contributed by atoms with Gasteiger partial charge in [-0.3, -0.25) is 24.1 Å². The minimum atomic E-state index is -0.999. The Hall–Kier alpha value is -3.68. The molecule has 0 spiro atoms. The van der Waals surface area contributed by atoms with Gasteiger partial charge in [-0.05, 0) is 42.7 Å². The maximum atomic E-state index is 13.3. The van der Waals surface area contributed by atoms with Gasteiger partial charge in [0.25, 0.3) is 11.8 Å². The maximum Gasteiger partial charge on any atom is 0.262 e. The molecule has 1 aliphatic heterocycles. The van der Waals surface area contributed by atoms with Crippen molar-refractivity contribution < 1.29 is 23.9 Å². The van der Waals surface area contributed by atoms with Crippen LogP contribution in [0.5, 0.6) is 5.75 Å². The van der Waals surface area contributed by atoms with Crippen molar-refractivity contribution in [3.8, 4) is 5.75 Å². The monoisotopic (exact) mass is 423 g/mol. The number of hydrogen-bond acceptors (Lipinski definition) is 5. The lowest BCUT2D eigenvalue weighted by molar-refractivity contribution is -0.120. The summed E-state index contributed by atoms with van der Waals surface area (Å²) in [5.74, 6) is -1.31. The first-order valence-electron chi connectivity index (χ1n) is 9.96. The Morgan fingerprint density at radius 3 is 2.13 bits per heavy atom. The number of ether oxygens (including phenoxy) is 1. The molecule has 0 fully saturated rings. The maximum absolute atomic E-state index is 13.3. The highest BCUT2D eigenvalue weighted by molar-refractivity contribution is 6.23. The molecule has 0 radical (unpaired) electrons. The van der Waals surface area contributed by atoms with Crippen LogP contribution in [0.25, 0.3) is 0 Å². The molecule has 0 bridgehead atoms. The molecule has 8 nitrogen and oxygen atoms in total. The fraction of sp³-hybridized carbons (Fsp3) is 0.304. The molecule has 1 heterocycles. The predicted octanol–water partition coefficient (Wildman–Crippen LogP) is 3.30. The van der Waals surface area contributed by atoms with E-state index in [0.29, 0.717) is 34.7 Å². The molecule has 3 rings (SSSR count). The zero-order valence-electron chi connectivity index (χ0n) is 17.9. The smallest absolute Gasteiger partial charge is 0.262 e. The molecule has 0 saturated heterocycles. The molecule has 0 unspecified atom stereocenters. The number of nitrogens with zero attached hydrogens (tertiary/aromatic N) is 1. The fourth-order valence-electron chi connectivity index (χ4n) is 3.57. The zero-order valence-corrected chi connectivity index (χ0v) is 17.9. The van der Waals surface area contributed by atoms with E-state index >= 15 is 0 Å². The molecule has 31 heavy (non-hydrogen) atoms. The average molecular weight is 423 g/mol. The highest BCUT2D eigenvalue weighted by Crippen LogP contribution is 2.31. The number of fused-ring (bicyclic) bond motifs is 1. The Balaban J connectivity index is 1.93. The van der Waals surface area contributed by atoms with Gasteiger partial charge >= 0.3 is 0 Å². The minimum absolute atomic E-state index is 0.0488. The molecule has 4 amide bonds. The zero-order chi connectivity index (χ0) is 22.7. The molecule has 0 saturated carbocycles. The van der Waals surface area contributed by atoms with Gasteiger partial charge in [-0.2, -0.15) is 0 Å². The highest BCUT2D eigenvalue weighted by atomic mass is 16.5. The molecule has 2 aromatic rings. The van der Waals surface area contributed by atoms with E-state index in [4.69, 9.17) is 4.74 Å². The molecule has 0 aliphatic carbocycles. The number of methoxy groups -OCH3 is 1. The van der Waals surface area contributed by atoms with E-state index in [9.17, 15) is 19.2 Å². The summed E-state index contributed by atoms with van der Waals surface area (Å²) in [4.78, 5) is 51.6. The first-order chi connectivity index (χ1) is 14.7. The number of nitrogens with one attached hydrogen (secondary N) is 2. The standard InChI is InChI=1S/C23H25N3O5/c1-13(2)11-19(26-22(29)16-7-5-6-8-17(16)23(26)30)21(28)25-18-12-15(24-14(3)27)9-10-20(18)31-4/h5-10,12-13,19H,11H2,1-4H3,(H,24,27)(H,25,28)/t19-/m1/s1. The molecular weight excluding hydrogens is 398 g/mol. The molecular formula is C23H25N3O5. The van der Waals surface area contributed by atoms with Crippen LogP contribution in [0, 0.1) is 5.92 Å². The van der Waals surface area contributed by atoms with Crippen molar-refractivity contribution in [2.75, 3.05) is 17.7 Å². The largest absolute Gasteiger partial charge is 0.495 e.